The van der Waals surface area contributed by atoms with Gasteiger partial charge in [0, 0.05) is 6.07 Å². The first-order valence-corrected chi connectivity index (χ1v) is 4.32. The number of anilines is 1. The van der Waals surface area contributed by atoms with Crippen LogP contribution in [0.15, 0.2) is 6.07 Å². The monoisotopic (exact) mass is 224 g/mol. The molecule has 0 saturated carbocycles. The Kier molecular flexibility index (Phi) is 4.51. The molecule has 1 aromatic rings. The molecule has 15 heavy (non-hydrogen) atoms. The molecule has 86 valence electrons. The third-order valence-corrected chi connectivity index (χ3v) is 1.46. The Morgan fingerprint density at radius 3 is 2.07 bits per heavy atom. The largest absolute Gasteiger partial charge is 0.420 e. The van der Waals surface area contributed by atoms with Crippen molar-refractivity contribution in [3.63, 3.8) is 0 Å². The van der Waals surface area contributed by atoms with E-state index >= 15 is 0 Å². The van der Waals surface area contributed by atoms with E-state index in [1.165, 1.54) is 0 Å². The van der Waals surface area contributed by atoms with Crippen molar-refractivity contribution in [3.05, 3.63) is 23.1 Å². The fourth-order valence-electron chi connectivity index (χ4n) is 0.997. The molecule has 0 saturated heterocycles. The third-order valence-electron chi connectivity index (χ3n) is 1.46. The zero-order valence-electron chi connectivity index (χ0n) is 8.61. The Balaban J connectivity index is 0.000000921. The van der Waals surface area contributed by atoms with Crippen LogP contribution in [0.1, 0.15) is 25.1 Å². The van der Waals surface area contributed by atoms with E-state index in [-0.39, 0.29) is 5.82 Å². The minimum absolute atomic E-state index is 0.261. The molecule has 0 radical (unpaired) electrons. The first-order chi connectivity index (χ1) is 6.82. The number of alkyl halides is 3. The van der Waals surface area contributed by atoms with Crippen LogP contribution in [0.2, 0.25) is 0 Å². The lowest BCUT2D eigenvalue weighted by atomic mass is 10.2. The van der Waals surface area contributed by atoms with E-state index in [1.807, 2.05) is 13.8 Å². The van der Waals surface area contributed by atoms with E-state index < -0.39 is 23.3 Å². The predicted octanol–water partition coefficient (Wildman–Crippen LogP) is 3.16. The molecule has 1 aromatic heterocycles. The summed E-state index contributed by atoms with van der Waals surface area (Å²) in [5, 5.41) is 0. The number of rotatable bonds is 0. The zero-order chi connectivity index (χ0) is 12.2. The van der Waals surface area contributed by atoms with Gasteiger partial charge in [0.2, 0.25) is 0 Å². The Bertz CT molecular complexity index is 310. The van der Waals surface area contributed by atoms with Crippen molar-refractivity contribution in [1.29, 1.82) is 0 Å². The number of hydrogen-bond donors (Lipinski definition) is 1. The molecule has 2 N–H and O–H groups in total. The summed E-state index contributed by atoms with van der Waals surface area (Å²) in [5.41, 5.74) is 3.24. The molecule has 0 aliphatic rings. The molecule has 0 fully saturated rings. The van der Waals surface area contributed by atoms with Gasteiger partial charge in [-0.2, -0.15) is 13.2 Å². The van der Waals surface area contributed by atoms with Crippen LogP contribution < -0.4 is 5.73 Å². The first-order valence-electron chi connectivity index (χ1n) is 4.32. The molecule has 1 rings (SSSR count). The molecule has 0 amide bonds. The van der Waals surface area contributed by atoms with E-state index in [0.717, 1.165) is 6.92 Å². The van der Waals surface area contributed by atoms with Crippen molar-refractivity contribution in [1.82, 2.24) is 4.98 Å². The second kappa shape index (κ2) is 4.95. The molecule has 1 heterocycles. The van der Waals surface area contributed by atoms with Gasteiger partial charge in [-0.25, -0.2) is 9.37 Å². The number of pyridine rings is 1. The van der Waals surface area contributed by atoms with Crippen LogP contribution in [-0.4, -0.2) is 4.98 Å². The van der Waals surface area contributed by atoms with E-state index in [0.29, 0.717) is 6.07 Å². The van der Waals surface area contributed by atoms with Crippen molar-refractivity contribution < 1.29 is 17.6 Å². The van der Waals surface area contributed by atoms with Crippen molar-refractivity contribution in [2.24, 2.45) is 0 Å². The minimum Gasteiger partial charge on any atom is -0.384 e. The van der Waals surface area contributed by atoms with Gasteiger partial charge in [0.05, 0.1) is 5.69 Å². The summed E-state index contributed by atoms with van der Waals surface area (Å²) in [6, 6.07) is 0.551. The molecule has 0 aliphatic carbocycles. The van der Waals surface area contributed by atoms with Crippen molar-refractivity contribution >= 4 is 5.82 Å². The SMILES string of the molecule is CC.Cc1nc(N)cc(F)c1C(F)(F)F. The number of nitrogen functional groups attached to an aromatic ring is 1. The summed E-state index contributed by atoms with van der Waals surface area (Å²) in [6.07, 6.45) is -4.73. The van der Waals surface area contributed by atoms with Gasteiger partial charge in [0.15, 0.2) is 0 Å². The topological polar surface area (TPSA) is 38.9 Å². The number of nitrogens with two attached hydrogens (primary N) is 1. The Morgan fingerprint density at radius 1 is 1.27 bits per heavy atom. The zero-order valence-corrected chi connectivity index (χ0v) is 8.61. The third kappa shape index (κ3) is 3.38. The van der Waals surface area contributed by atoms with Crippen molar-refractivity contribution in [3.8, 4) is 0 Å². The highest BCUT2D eigenvalue weighted by Gasteiger charge is 2.36. The van der Waals surface area contributed by atoms with Gasteiger partial charge in [-0.1, -0.05) is 13.8 Å². The van der Waals surface area contributed by atoms with Crippen LogP contribution in [-0.2, 0) is 6.18 Å². The average Bonchev–Trinajstić information content (AvgIpc) is 2.02. The lowest BCUT2D eigenvalue weighted by Gasteiger charge is -2.10. The molecular weight excluding hydrogens is 212 g/mol. The second-order valence-corrected chi connectivity index (χ2v) is 2.49. The van der Waals surface area contributed by atoms with Gasteiger partial charge in [-0.05, 0) is 6.92 Å². The predicted molar refractivity (Wildman–Crippen MR) is 49.7 cm³/mol. The molecule has 0 spiro atoms. The molecule has 0 bridgehead atoms. The maximum atomic E-state index is 12.8. The second-order valence-electron chi connectivity index (χ2n) is 2.49. The van der Waals surface area contributed by atoms with Gasteiger partial charge < -0.3 is 5.73 Å². The molecule has 0 aliphatic heterocycles. The van der Waals surface area contributed by atoms with E-state index in [2.05, 4.69) is 4.98 Å². The summed E-state index contributed by atoms with van der Waals surface area (Å²) in [6.45, 7) is 5.06. The maximum absolute atomic E-state index is 12.8. The van der Waals surface area contributed by atoms with Crippen molar-refractivity contribution in [2.75, 3.05) is 5.73 Å². The number of aryl methyl sites for hydroxylation is 1. The Hall–Kier alpha value is -1.33. The standard InChI is InChI=1S/C7H6F4N2.C2H6/c1-3-6(7(9,10)11)4(8)2-5(12)13-3;1-2/h2H,1H3,(H2,12,13);1-2H3. The molecule has 6 heteroatoms. The highest BCUT2D eigenvalue weighted by Crippen LogP contribution is 2.33. The molecule has 0 unspecified atom stereocenters. The fraction of sp³-hybridized carbons (Fsp3) is 0.444. The average molecular weight is 224 g/mol. The number of aromatic nitrogens is 1. The number of halogens is 4. The lowest BCUT2D eigenvalue weighted by molar-refractivity contribution is -0.140. The highest BCUT2D eigenvalue weighted by atomic mass is 19.4. The normalized spacial score (nSPS) is 10.6. The summed E-state index contributed by atoms with van der Waals surface area (Å²) in [7, 11) is 0. The van der Waals surface area contributed by atoms with Crippen LogP contribution >= 0.6 is 0 Å². The Labute approximate surface area is 85.1 Å². The van der Waals surface area contributed by atoms with Gasteiger partial charge in [0.25, 0.3) is 0 Å². The van der Waals surface area contributed by atoms with Crippen LogP contribution in [0.5, 0.6) is 0 Å². The minimum atomic E-state index is -4.73. The first kappa shape index (κ1) is 13.7. The van der Waals surface area contributed by atoms with Crippen LogP contribution in [0.3, 0.4) is 0 Å². The molecular formula is C9H12F4N2. The smallest absolute Gasteiger partial charge is 0.384 e. The highest BCUT2D eigenvalue weighted by molar-refractivity contribution is 5.36. The van der Waals surface area contributed by atoms with Crippen LogP contribution in [0, 0.1) is 12.7 Å². The van der Waals surface area contributed by atoms with Gasteiger partial charge in [-0.15, -0.1) is 0 Å². The van der Waals surface area contributed by atoms with E-state index in [1.54, 1.807) is 0 Å². The van der Waals surface area contributed by atoms with Crippen LogP contribution in [0.4, 0.5) is 23.4 Å². The Morgan fingerprint density at radius 2 is 1.73 bits per heavy atom. The summed E-state index contributed by atoms with van der Waals surface area (Å²) < 4.78 is 49.1. The summed E-state index contributed by atoms with van der Waals surface area (Å²) in [5.74, 6) is -1.65. The number of nitrogens with zero attached hydrogens (tertiary/aromatic N) is 1. The molecule has 0 aromatic carbocycles. The van der Waals surface area contributed by atoms with E-state index in [4.69, 9.17) is 5.73 Å². The van der Waals surface area contributed by atoms with Gasteiger partial charge in [0.1, 0.15) is 17.2 Å². The number of hydrogen-bond acceptors (Lipinski definition) is 2. The van der Waals surface area contributed by atoms with Crippen LogP contribution in [0.25, 0.3) is 0 Å². The van der Waals surface area contributed by atoms with Gasteiger partial charge >= 0.3 is 6.18 Å². The summed E-state index contributed by atoms with van der Waals surface area (Å²) in [4.78, 5) is 3.32. The fourth-order valence-corrected chi connectivity index (χ4v) is 0.997. The maximum Gasteiger partial charge on any atom is 0.420 e. The van der Waals surface area contributed by atoms with Gasteiger partial charge in [-0.3, -0.25) is 0 Å². The molecule has 0 atom stereocenters. The van der Waals surface area contributed by atoms with E-state index in [9.17, 15) is 17.6 Å². The summed E-state index contributed by atoms with van der Waals surface area (Å²) >= 11 is 0. The quantitative estimate of drug-likeness (QED) is 0.687. The molecule has 2 nitrogen and oxygen atoms in total. The van der Waals surface area contributed by atoms with Crippen molar-refractivity contribution in [2.45, 2.75) is 26.9 Å². The lowest BCUT2D eigenvalue weighted by Crippen LogP contribution is -2.12.